The molecule has 0 radical (unpaired) electrons. The van der Waals surface area contributed by atoms with Gasteiger partial charge in [-0.05, 0) is 73.2 Å². The van der Waals surface area contributed by atoms with Crippen LogP contribution in [-0.4, -0.2) is 85.4 Å². The molecule has 0 spiro atoms. The highest BCUT2D eigenvalue weighted by Gasteiger charge is 2.12. The summed E-state index contributed by atoms with van der Waals surface area (Å²) in [5.41, 5.74) is 8.83. The van der Waals surface area contributed by atoms with Gasteiger partial charge >= 0.3 is 0 Å². The minimum atomic E-state index is 0.778. The van der Waals surface area contributed by atoms with E-state index in [9.17, 15) is 0 Å². The highest BCUT2D eigenvalue weighted by atomic mass is 15.3. The molecule has 234 valence electrons. The number of hydrogen-bond acceptors (Lipinski definition) is 7. The molecule has 8 nitrogen and oxygen atoms in total. The number of nitrogens with zero attached hydrogens (tertiary/aromatic N) is 8. The first kappa shape index (κ1) is 33.1. The fraction of sp³-hybridized carbons (Fsp3) is 0.297. The fourth-order valence-corrected chi connectivity index (χ4v) is 4.63. The van der Waals surface area contributed by atoms with Gasteiger partial charge in [-0.25, -0.2) is 0 Å². The summed E-state index contributed by atoms with van der Waals surface area (Å²) >= 11 is 0. The van der Waals surface area contributed by atoms with Crippen LogP contribution in [0.4, 0.5) is 28.4 Å². The van der Waals surface area contributed by atoms with Crippen molar-refractivity contribution < 1.29 is 4.48 Å². The molecule has 0 bridgehead atoms. The molecule has 0 amide bonds. The molecule has 0 heterocycles. The SMILES string of the molecule is CCN(CC[N+](C)(C)C)c1ccc(N=Nc2ccc(C=NN=C(c3ccc(N(C)C)cc3)c3ccc(N(C)C)cc3)cc2)cc1. The normalized spacial score (nSPS) is 11.6. The van der Waals surface area contributed by atoms with Gasteiger partial charge in [-0.1, -0.05) is 36.4 Å². The lowest BCUT2D eigenvalue weighted by Crippen LogP contribution is -2.42. The summed E-state index contributed by atoms with van der Waals surface area (Å²) in [4.78, 5) is 6.55. The first-order valence-corrected chi connectivity index (χ1v) is 15.4. The number of rotatable bonds is 13. The second-order valence-electron chi connectivity index (χ2n) is 12.5. The second-order valence-corrected chi connectivity index (χ2v) is 12.5. The van der Waals surface area contributed by atoms with Crippen molar-refractivity contribution >= 4 is 40.4 Å². The smallest absolute Gasteiger partial charge is 0.100 e. The minimum Gasteiger partial charge on any atom is -0.378 e. The minimum absolute atomic E-state index is 0.778. The van der Waals surface area contributed by atoms with E-state index in [-0.39, 0.29) is 0 Å². The van der Waals surface area contributed by atoms with E-state index >= 15 is 0 Å². The standard InChI is InChI=1S/C37H47N8/c1-9-44(26-27-45(6,7)8)36-24-18-33(19-25-36)40-39-32-16-10-29(11-17-32)28-38-41-37(30-12-20-34(21-13-30)42(2)3)31-14-22-35(23-15-31)43(4)5/h10-25,28H,9,26-27H2,1-8H3/q+1. The summed E-state index contributed by atoms with van der Waals surface area (Å²) in [6.45, 7) is 5.25. The van der Waals surface area contributed by atoms with Crippen molar-refractivity contribution in [3.63, 3.8) is 0 Å². The first-order valence-electron chi connectivity index (χ1n) is 15.4. The lowest BCUT2D eigenvalue weighted by Gasteiger charge is -2.29. The third-order valence-electron chi connectivity index (χ3n) is 7.49. The summed E-state index contributed by atoms with van der Waals surface area (Å²) in [5.74, 6) is 0. The Labute approximate surface area is 269 Å². The van der Waals surface area contributed by atoms with Crippen molar-refractivity contribution in [1.29, 1.82) is 0 Å². The third-order valence-corrected chi connectivity index (χ3v) is 7.49. The van der Waals surface area contributed by atoms with Gasteiger partial charge < -0.3 is 19.2 Å². The molecule has 0 unspecified atom stereocenters. The molecule has 0 N–H and O–H groups in total. The Morgan fingerprint density at radius 2 is 1.07 bits per heavy atom. The van der Waals surface area contributed by atoms with Crippen molar-refractivity contribution in [3.8, 4) is 0 Å². The van der Waals surface area contributed by atoms with Gasteiger partial charge in [0, 0.05) is 62.9 Å². The summed E-state index contributed by atoms with van der Waals surface area (Å²) in [7, 11) is 14.8. The molecular weight excluding hydrogens is 556 g/mol. The molecule has 0 fully saturated rings. The van der Waals surface area contributed by atoms with Crippen molar-refractivity contribution in [2.45, 2.75) is 6.92 Å². The van der Waals surface area contributed by atoms with E-state index in [0.717, 1.165) is 69.3 Å². The zero-order chi connectivity index (χ0) is 32.4. The largest absolute Gasteiger partial charge is 0.378 e. The molecular formula is C37H47N8+. The summed E-state index contributed by atoms with van der Waals surface area (Å²) in [6.07, 6.45) is 1.76. The van der Waals surface area contributed by atoms with E-state index in [1.807, 2.05) is 64.6 Å². The van der Waals surface area contributed by atoms with Crippen molar-refractivity contribution in [1.82, 2.24) is 0 Å². The molecule has 4 aromatic carbocycles. The van der Waals surface area contributed by atoms with Crippen LogP contribution >= 0.6 is 0 Å². The molecule has 0 atom stereocenters. The van der Waals surface area contributed by atoms with E-state index in [1.165, 1.54) is 5.69 Å². The van der Waals surface area contributed by atoms with E-state index in [1.54, 1.807) is 6.21 Å². The molecule has 4 aromatic rings. The van der Waals surface area contributed by atoms with Gasteiger partial charge in [-0.2, -0.15) is 15.3 Å². The maximum atomic E-state index is 4.67. The van der Waals surface area contributed by atoms with Gasteiger partial charge in [-0.15, -0.1) is 5.10 Å². The summed E-state index contributed by atoms with van der Waals surface area (Å²) in [6, 6.07) is 32.8. The Hall–Kier alpha value is -4.82. The topological polar surface area (TPSA) is 59.2 Å². The second kappa shape index (κ2) is 15.3. The molecule has 8 heteroatoms. The van der Waals surface area contributed by atoms with Crippen LogP contribution < -0.4 is 14.7 Å². The molecule has 0 saturated heterocycles. The monoisotopic (exact) mass is 603 g/mol. The zero-order valence-electron chi connectivity index (χ0n) is 28.0. The van der Waals surface area contributed by atoms with Crippen LogP contribution in [0.5, 0.6) is 0 Å². The quantitative estimate of drug-likeness (QED) is 0.0683. The van der Waals surface area contributed by atoms with Gasteiger partial charge in [-0.3, -0.25) is 0 Å². The number of quaternary nitrogens is 1. The maximum Gasteiger partial charge on any atom is 0.100 e. The highest BCUT2D eigenvalue weighted by Crippen LogP contribution is 2.23. The van der Waals surface area contributed by atoms with E-state index < -0.39 is 0 Å². The Morgan fingerprint density at radius 3 is 1.49 bits per heavy atom. The molecule has 45 heavy (non-hydrogen) atoms. The van der Waals surface area contributed by atoms with Crippen molar-refractivity contribution in [2.75, 3.05) is 83.7 Å². The predicted octanol–water partition coefficient (Wildman–Crippen LogP) is 7.64. The zero-order valence-corrected chi connectivity index (χ0v) is 28.0. The fourth-order valence-electron chi connectivity index (χ4n) is 4.63. The summed E-state index contributed by atoms with van der Waals surface area (Å²) in [5, 5.41) is 18.0. The lowest BCUT2D eigenvalue weighted by atomic mass is 10.0. The van der Waals surface area contributed by atoms with Crippen LogP contribution in [0.3, 0.4) is 0 Å². The van der Waals surface area contributed by atoms with E-state index in [4.69, 9.17) is 0 Å². The van der Waals surface area contributed by atoms with E-state index in [0.29, 0.717) is 0 Å². The maximum absolute atomic E-state index is 4.67. The number of benzene rings is 4. The van der Waals surface area contributed by atoms with Crippen LogP contribution in [0, 0.1) is 0 Å². The third kappa shape index (κ3) is 9.84. The van der Waals surface area contributed by atoms with Crippen molar-refractivity contribution in [3.05, 3.63) is 114 Å². The van der Waals surface area contributed by atoms with Gasteiger partial charge in [0.05, 0.1) is 51.8 Å². The van der Waals surface area contributed by atoms with Gasteiger partial charge in [0.1, 0.15) is 5.71 Å². The molecule has 0 aliphatic heterocycles. The predicted molar refractivity (Wildman–Crippen MR) is 193 cm³/mol. The van der Waals surface area contributed by atoms with Gasteiger partial charge in [0.2, 0.25) is 0 Å². The number of anilines is 3. The average molecular weight is 604 g/mol. The van der Waals surface area contributed by atoms with Crippen LogP contribution in [0.1, 0.15) is 23.6 Å². The van der Waals surface area contributed by atoms with Gasteiger partial charge in [0.25, 0.3) is 0 Å². The van der Waals surface area contributed by atoms with Gasteiger partial charge in [0.15, 0.2) is 0 Å². The lowest BCUT2D eigenvalue weighted by molar-refractivity contribution is -0.868. The van der Waals surface area contributed by atoms with Crippen LogP contribution in [0.15, 0.2) is 117 Å². The number of hydrogen-bond donors (Lipinski definition) is 0. The van der Waals surface area contributed by atoms with Crippen LogP contribution in [0.25, 0.3) is 0 Å². The number of likely N-dealkylation sites (N-methyl/N-ethyl adjacent to an activating group) is 2. The van der Waals surface area contributed by atoms with Crippen LogP contribution in [0.2, 0.25) is 0 Å². The van der Waals surface area contributed by atoms with E-state index in [2.05, 4.69) is 124 Å². The Bertz CT molecular complexity index is 1520. The Kier molecular flexibility index (Phi) is 11.2. The average Bonchev–Trinajstić information content (AvgIpc) is 3.03. The molecule has 4 rings (SSSR count). The Morgan fingerprint density at radius 1 is 0.622 bits per heavy atom. The molecule has 0 aliphatic rings. The molecule has 0 saturated carbocycles. The molecule has 0 aromatic heterocycles. The highest BCUT2D eigenvalue weighted by molar-refractivity contribution is 6.13. The summed E-state index contributed by atoms with van der Waals surface area (Å²) < 4.78 is 0.944. The van der Waals surface area contributed by atoms with Crippen molar-refractivity contribution in [2.24, 2.45) is 20.4 Å². The van der Waals surface area contributed by atoms with Crippen LogP contribution in [-0.2, 0) is 0 Å². The Balaban J connectivity index is 1.45. The number of azo groups is 1. The first-order chi connectivity index (χ1) is 21.5. The molecule has 0 aliphatic carbocycles.